The average molecular weight is 513 g/mol. The summed E-state index contributed by atoms with van der Waals surface area (Å²) in [7, 11) is 3.25. The van der Waals surface area contributed by atoms with Crippen LogP contribution in [0.25, 0.3) is 0 Å². The van der Waals surface area contributed by atoms with Crippen molar-refractivity contribution in [2.75, 3.05) is 30.6 Å². The molecule has 10 heteroatoms. The smallest absolute Gasteiger partial charge is 0.388 e. The van der Waals surface area contributed by atoms with Gasteiger partial charge in [-0.1, -0.05) is 35.3 Å². The molecule has 1 atom stereocenters. The molecule has 0 radical (unpaired) electrons. The molecule has 0 spiro atoms. The van der Waals surface area contributed by atoms with Crippen LogP contribution in [0.2, 0.25) is 10.0 Å². The third-order valence-corrected chi connectivity index (χ3v) is 5.55. The maximum atomic E-state index is 13.4. The third kappa shape index (κ3) is 5.31. The second kappa shape index (κ2) is 10.2. The van der Waals surface area contributed by atoms with Gasteiger partial charge in [0, 0.05) is 41.2 Å². The molecule has 0 aromatic heterocycles. The molecule has 5 nitrogen and oxygen atoms in total. The van der Waals surface area contributed by atoms with Gasteiger partial charge in [0.05, 0.1) is 12.1 Å². The number of hydrogen-bond acceptors (Lipinski definition) is 3. The number of rotatable bonds is 3. The standard InChI is InChI=1S/C22H15Cl2F3N2O2.C2H6O/c23-16-4-8-18(9-5-16)28-13-21(31,14-2-1-3-15(12-14)22(25,26)27)29(20(28)30)19-10-6-17(24)7-11-19;1-3-2/h1-12,31H,13H2;1-2H3. The van der Waals surface area contributed by atoms with Crippen LogP contribution in [0.15, 0.2) is 72.8 Å². The topological polar surface area (TPSA) is 53.0 Å². The largest absolute Gasteiger partial charge is 0.416 e. The predicted molar refractivity (Wildman–Crippen MR) is 126 cm³/mol. The summed E-state index contributed by atoms with van der Waals surface area (Å²) in [5.41, 5.74) is -2.33. The van der Waals surface area contributed by atoms with Crippen LogP contribution in [0.3, 0.4) is 0 Å². The van der Waals surface area contributed by atoms with Gasteiger partial charge in [-0.25, -0.2) is 4.79 Å². The van der Waals surface area contributed by atoms with E-state index < -0.39 is 23.5 Å². The maximum Gasteiger partial charge on any atom is 0.416 e. The van der Waals surface area contributed by atoms with E-state index >= 15 is 0 Å². The number of methoxy groups -OCH3 is 1. The van der Waals surface area contributed by atoms with Crippen molar-refractivity contribution in [1.82, 2.24) is 0 Å². The number of aliphatic hydroxyl groups is 1. The molecule has 3 aromatic rings. The molecule has 1 heterocycles. The van der Waals surface area contributed by atoms with Crippen molar-refractivity contribution in [1.29, 1.82) is 0 Å². The lowest BCUT2D eigenvalue weighted by molar-refractivity contribution is -0.137. The number of ether oxygens (including phenoxy) is 1. The van der Waals surface area contributed by atoms with Crippen LogP contribution in [0.4, 0.5) is 29.3 Å². The van der Waals surface area contributed by atoms with Crippen molar-refractivity contribution in [3.8, 4) is 0 Å². The van der Waals surface area contributed by atoms with Crippen LogP contribution in [0, 0.1) is 0 Å². The minimum Gasteiger partial charge on any atom is -0.388 e. The molecule has 1 aliphatic rings. The number of alkyl halides is 3. The van der Waals surface area contributed by atoms with Crippen molar-refractivity contribution in [2.24, 2.45) is 0 Å². The number of anilines is 2. The van der Waals surface area contributed by atoms with E-state index in [1.807, 2.05) is 0 Å². The number of halogens is 5. The molecule has 180 valence electrons. The number of β-amino-alcohol motifs (C(OH)–C–C–N with tert-alkyl or cyclic N) is 1. The quantitative estimate of drug-likeness (QED) is 0.431. The minimum atomic E-state index is -4.60. The van der Waals surface area contributed by atoms with E-state index in [9.17, 15) is 23.1 Å². The van der Waals surface area contributed by atoms with Gasteiger partial charge in [0.25, 0.3) is 0 Å². The summed E-state index contributed by atoms with van der Waals surface area (Å²) in [6, 6.07) is 16.2. The van der Waals surface area contributed by atoms with Gasteiger partial charge in [-0.05, 0) is 60.7 Å². The molecular formula is C24H21Cl2F3N2O3. The van der Waals surface area contributed by atoms with Gasteiger partial charge in [-0.15, -0.1) is 0 Å². The number of hydrogen-bond donors (Lipinski definition) is 1. The van der Waals surface area contributed by atoms with E-state index in [4.69, 9.17) is 23.2 Å². The first-order valence-corrected chi connectivity index (χ1v) is 10.7. The highest BCUT2D eigenvalue weighted by molar-refractivity contribution is 6.31. The minimum absolute atomic E-state index is 0.0675. The molecule has 0 aliphatic carbocycles. The van der Waals surface area contributed by atoms with Crippen molar-refractivity contribution >= 4 is 40.6 Å². The summed E-state index contributed by atoms with van der Waals surface area (Å²) in [5.74, 6) is 0. The Kier molecular flexibility index (Phi) is 7.77. The van der Waals surface area contributed by atoms with Crippen LogP contribution in [-0.2, 0) is 16.6 Å². The van der Waals surface area contributed by atoms with Gasteiger partial charge in [0.15, 0.2) is 5.72 Å². The summed E-state index contributed by atoms with van der Waals surface area (Å²) in [5, 5.41) is 12.5. The molecule has 3 aromatic carbocycles. The summed E-state index contributed by atoms with van der Waals surface area (Å²) in [6.07, 6.45) is -4.60. The van der Waals surface area contributed by atoms with Gasteiger partial charge in [-0.2, -0.15) is 13.2 Å². The number of nitrogens with zero attached hydrogens (tertiary/aromatic N) is 2. The molecular weight excluding hydrogens is 492 g/mol. The van der Waals surface area contributed by atoms with Crippen molar-refractivity contribution < 1.29 is 27.8 Å². The monoisotopic (exact) mass is 512 g/mol. The fourth-order valence-electron chi connectivity index (χ4n) is 3.54. The van der Waals surface area contributed by atoms with Crippen LogP contribution in [0.5, 0.6) is 0 Å². The summed E-state index contributed by atoms with van der Waals surface area (Å²) >= 11 is 11.9. The van der Waals surface area contributed by atoms with Crippen LogP contribution >= 0.6 is 23.2 Å². The molecule has 1 aliphatic heterocycles. The Morgan fingerprint density at radius 2 is 1.41 bits per heavy atom. The number of amides is 2. The van der Waals surface area contributed by atoms with E-state index in [2.05, 4.69) is 4.74 Å². The predicted octanol–water partition coefficient (Wildman–Crippen LogP) is 6.57. The molecule has 1 N–H and O–H groups in total. The first kappa shape index (κ1) is 25.8. The van der Waals surface area contributed by atoms with Crippen LogP contribution < -0.4 is 9.80 Å². The molecule has 1 saturated heterocycles. The molecule has 0 bridgehead atoms. The summed E-state index contributed by atoms with van der Waals surface area (Å²) in [4.78, 5) is 15.7. The number of carbonyl (C=O) groups excluding carboxylic acids is 1. The summed E-state index contributed by atoms with van der Waals surface area (Å²) in [6.45, 7) is -0.294. The van der Waals surface area contributed by atoms with E-state index in [-0.39, 0.29) is 17.8 Å². The first-order chi connectivity index (χ1) is 16.0. The highest BCUT2D eigenvalue weighted by atomic mass is 35.5. The Labute approximate surface area is 204 Å². The normalized spacial score (nSPS) is 18.1. The fraction of sp³-hybridized carbons (Fsp3) is 0.208. The van der Waals surface area contributed by atoms with Crippen LogP contribution in [0.1, 0.15) is 11.1 Å². The Bertz CT molecular complexity index is 1140. The molecule has 0 saturated carbocycles. The maximum absolute atomic E-state index is 13.4. The average Bonchev–Trinajstić information content (AvgIpc) is 3.07. The van der Waals surface area contributed by atoms with E-state index in [1.54, 1.807) is 38.5 Å². The zero-order valence-electron chi connectivity index (χ0n) is 18.2. The molecule has 1 fully saturated rings. The second-order valence-corrected chi connectivity index (χ2v) is 8.33. The molecule has 2 amide bonds. The Morgan fingerprint density at radius 3 is 1.91 bits per heavy atom. The summed E-state index contributed by atoms with van der Waals surface area (Å²) < 4.78 is 44.2. The Hall–Kier alpha value is -2.78. The van der Waals surface area contributed by atoms with Gasteiger partial charge < -0.3 is 9.84 Å². The van der Waals surface area contributed by atoms with Gasteiger partial charge in [0.1, 0.15) is 0 Å². The highest BCUT2D eigenvalue weighted by Crippen LogP contribution is 2.42. The Morgan fingerprint density at radius 1 is 0.912 bits per heavy atom. The van der Waals surface area contributed by atoms with Crippen molar-refractivity contribution in [3.05, 3.63) is 94.0 Å². The fourth-order valence-corrected chi connectivity index (χ4v) is 3.79. The Balaban J connectivity index is 0.00000103. The highest BCUT2D eigenvalue weighted by Gasteiger charge is 2.51. The first-order valence-electron chi connectivity index (χ1n) is 9.94. The lowest BCUT2D eigenvalue weighted by Crippen LogP contribution is -2.45. The zero-order valence-corrected chi connectivity index (χ0v) is 19.7. The molecule has 1 unspecified atom stereocenters. The van der Waals surface area contributed by atoms with E-state index in [1.165, 1.54) is 41.3 Å². The van der Waals surface area contributed by atoms with E-state index in [0.717, 1.165) is 17.0 Å². The van der Waals surface area contributed by atoms with Gasteiger partial charge in [-0.3, -0.25) is 9.80 Å². The lowest BCUT2D eigenvalue weighted by Gasteiger charge is -2.32. The van der Waals surface area contributed by atoms with Crippen molar-refractivity contribution in [3.63, 3.8) is 0 Å². The lowest BCUT2D eigenvalue weighted by atomic mass is 9.98. The molecule has 34 heavy (non-hydrogen) atoms. The molecule has 4 rings (SSSR count). The second-order valence-electron chi connectivity index (χ2n) is 7.46. The third-order valence-electron chi connectivity index (χ3n) is 5.05. The van der Waals surface area contributed by atoms with Crippen molar-refractivity contribution in [2.45, 2.75) is 11.9 Å². The number of urea groups is 1. The number of carbonyl (C=O) groups is 1. The van der Waals surface area contributed by atoms with E-state index in [0.29, 0.717) is 15.7 Å². The van der Waals surface area contributed by atoms with Gasteiger partial charge >= 0.3 is 12.2 Å². The zero-order chi connectivity index (χ0) is 25.1. The van der Waals surface area contributed by atoms with Gasteiger partial charge in [0.2, 0.25) is 0 Å². The number of benzene rings is 3. The SMILES string of the molecule is COC.O=C1N(c2ccc(Cl)cc2)CC(O)(c2cccc(C(F)(F)F)c2)N1c1ccc(Cl)cc1. The van der Waals surface area contributed by atoms with Crippen LogP contribution in [-0.4, -0.2) is 31.9 Å².